The summed E-state index contributed by atoms with van der Waals surface area (Å²) in [5.41, 5.74) is 0.776. The van der Waals surface area contributed by atoms with Crippen LogP contribution in [0.3, 0.4) is 0 Å². The van der Waals surface area contributed by atoms with Gasteiger partial charge in [0.15, 0.2) is 0 Å². The number of nitrogens with one attached hydrogen (secondary N) is 1. The lowest BCUT2D eigenvalue weighted by atomic mass is 10.2. The van der Waals surface area contributed by atoms with E-state index in [2.05, 4.69) is 16.9 Å². The molecule has 2 rings (SSSR count). The third kappa shape index (κ3) is 6.57. The minimum Gasteiger partial charge on any atom is -0.473 e. The van der Waals surface area contributed by atoms with Crippen LogP contribution in [0.25, 0.3) is 5.70 Å². The molecule has 1 aromatic heterocycles. The molecule has 0 saturated carbocycles. The van der Waals surface area contributed by atoms with Crippen molar-refractivity contribution >= 4 is 5.70 Å². The predicted octanol–water partition coefficient (Wildman–Crippen LogP) is 5.78. The zero-order valence-corrected chi connectivity index (χ0v) is 15.3. The van der Waals surface area contributed by atoms with Crippen LogP contribution in [0.4, 0.5) is 17.6 Å². The number of alkyl halides is 3. The van der Waals surface area contributed by atoms with Crippen molar-refractivity contribution in [2.24, 2.45) is 0 Å². The monoisotopic (exact) mass is 392 g/mol. The molecule has 0 saturated heterocycles. The lowest BCUT2D eigenvalue weighted by molar-refractivity contribution is -0.0886. The van der Waals surface area contributed by atoms with Crippen LogP contribution in [-0.4, -0.2) is 17.8 Å². The van der Waals surface area contributed by atoms with Gasteiger partial charge >= 0.3 is 6.18 Å². The van der Waals surface area contributed by atoms with Gasteiger partial charge in [-0.05, 0) is 43.7 Å². The second-order valence-corrected chi connectivity index (χ2v) is 5.75. The molecule has 0 bridgehead atoms. The number of allylic oxidation sites excluding steroid dienone is 8. The summed E-state index contributed by atoms with van der Waals surface area (Å²) >= 11 is 0. The van der Waals surface area contributed by atoms with Crippen molar-refractivity contribution in [3.63, 3.8) is 0 Å². The van der Waals surface area contributed by atoms with Gasteiger partial charge in [0.05, 0.1) is 17.0 Å². The van der Waals surface area contributed by atoms with Crippen molar-refractivity contribution in [3.8, 4) is 5.88 Å². The van der Waals surface area contributed by atoms with Crippen molar-refractivity contribution in [2.75, 3.05) is 6.61 Å². The number of aromatic nitrogens is 1. The first-order valence-corrected chi connectivity index (χ1v) is 8.49. The summed E-state index contributed by atoms with van der Waals surface area (Å²) in [6.45, 7) is 5.11. The lowest BCUT2D eigenvalue weighted by Crippen LogP contribution is -2.12. The first-order chi connectivity index (χ1) is 13.3. The molecule has 1 aliphatic rings. The van der Waals surface area contributed by atoms with Gasteiger partial charge in [0.25, 0.3) is 0 Å². The first-order valence-electron chi connectivity index (χ1n) is 8.49. The summed E-state index contributed by atoms with van der Waals surface area (Å²) in [6.07, 6.45) is 5.37. The summed E-state index contributed by atoms with van der Waals surface area (Å²) in [4.78, 5) is 4.23. The number of rotatable bonds is 7. The fourth-order valence-electron chi connectivity index (χ4n) is 2.27. The van der Waals surface area contributed by atoms with Crippen LogP contribution in [-0.2, 0) is 0 Å². The van der Waals surface area contributed by atoms with Crippen molar-refractivity contribution in [1.82, 2.24) is 10.3 Å². The largest absolute Gasteiger partial charge is 0.473 e. The van der Waals surface area contributed by atoms with Crippen molar-refractivity contribution < 1.29 is 22.3 Å². The van der Waals surface area contributed by atoms with Gasteiger partial charge in [-0.2, -0.15) is 13.2 Å². The smallest absolute Gasteiger partial charge is 0.416 e. The zero-order chi connectivity index (χ0) is 20.6. The van der Waals surface area contributed by atoms with Gasteiger partial charge in [0.2, 0.25) is 5.88 Å². The number of hydrogen-bond donors (Lipinski definition) is 1. The molecule has 1 heterocycles. The maximum Gasteiger partial charge on any atom is 0.416 e. The maximum absolute atomic E-state index is 13.2. The molecule has 0 fully saturated rings. The van der Waals surface area contributed by atoms with Crippen LogP contribution in [0.1, 0.15) is 19.0 Å². The molecule has 0 radical (unpaired) electrons. The molecule has 3 nitrogen and oxygen atoms in total. The Morgan fingerprint density at radius 1 is 1.29 bits per heavy atom. The molecule has 1 aromatic rings. The van der Waals surface area contributed by atoms with Crippen molar-refractivity contribution in [2.45, 2.75) is 19.5 Å². The van der Waals surface area contributed by atoms with E-state index in [1.807, 2.05) is 0 Å². The van der Waals surface area contributed by atoms with Gasteiger partial charge in [-0.15, -0.1) is 0 Å². The minimum atomic E-state index is -4.45. The molecule has 0 aromatic carbocycles. The van der Waals surface area contributed by atoms with Crippen molar-refractivity contribution in [1.29, 1.82) is 0 Å². The molecular formula is C21H20F4N2O. The van der Waals surface area contributed by atoms with E-state index in [1.54, 1.807) is 24.3 Å². The number of hydrogen-bond acceptors (Lipinski definition) is 3. The van der Waals surface area contributed by atoms with Gasteiger partial charge in [0.1, 0.15) is 12.4 Å². The third-order valence-corrected chi connectivity index (χ3v) is 3.61. The quantitative estimate of drug-likeness (QED) is 0.472. The zero-order valence-electron chi connectivity index (χ0n) is 15.3. The molecule has 1 N–H and O–H groups in total. The Morgan fingerprint density at radius 2 is 2.07 bits per heavy atom. The Kier molecular flexibility index (Phi) is 7.37. The van der Waals surface area contributed by atoms with Gasteiger partial charge in [-0.1, -0.05) is 30.9 Å². The number of pyridine rings is 1. The molecular weight excluding hydrogens is 372 g/mol. The van der Waals surface area contributed by atoms with Crippen LogP contribution in [0.5, 0.6) is 5.88 Å². The second-order valence-electron chi connectivity index (χ2n) is 5.75. The van der Waals surface area contributed by atoms with E-state index >= 15 is 0 Å². The average Bonchev–Trinajstić information content (AvgIpc) is 2.84. The molecule has 148 valence electrons. The van der Waals surface area contributed by atoms with Crippen LogP contribution >= 0.6 is 0 Å². The number of ether oxygens (including phenoxy) is 1. The number of halogens is 4. The van der Waals surface area contributed by atoms with E-state index in [0.717, 1.165) is 12.2 Å². The summed E-state index contributed by atoms with van der Waals surface area (Å²) < 4.78 is 57.0. The summed E-state index contributed by atoms with van der Waals surface area (Å²) in [7, 11) is 0. The Morgan fingerprint density at radius 3 is 2.79 bits per heavy atom. The number of nitrogens with zero attached hydrogens (tertiary/aromatic N) is 1. The van der Waals surface area contributed by atoms with Crippen molar-refractivity contribution in [3.05, 3.63) is 90.1 Å². The molecule has 1 aliphatic carbocycles. The fraction of sp³-hybridized carbons (Fsp3) is 0.190. The molecule has 28 heavy (non-hydrogen) atoms. The third-order valence-electron chi connectivity index (χ3n) is 3.61. The molecule has 0 unspecified atom stereocenters. The molecule has 0 atom stereocenters. The topological polar surface area (TPSA) is 34.1 Å². The highest BCUT2D eigenvalue weighted by molar-refractivity contribution is 5.61. The van der Waals surface area contributed by atoms with E-state index in [0.29, 0.717) is 23.5 Å². The van der Waals surface area contributed by atoms with Crippen LogP contribution < -0.4 is 10.1 Å². The van der Waals surface area contributed by atoms with Crippen LogP contribution in [0, 0.1) is 0 Å². The Balaban J connectivity index is 2.02. The summed E-state index contributed by atoms with van der Waals surface area (Å²) in [6, 6.07) is 4.87. The molecule has 0 aliphatic heterocycles. The highest BCUT2D eigenvalue weighted by atomic mass is 19.4. The van der Waals surface area contributed by atoms with E-state index in [-0.39, 0.29) is 18.3 Å². The molecule has 0 spiro atoms. The second kappa shape index (κ2) is 9.73. The van der Waals surface area contributed by atoms with E-state index in [4.69, 9.17) is 4.74 Å². The van der Waals surface area contributed by atoms with E-state index in [9.17, 15) is 17.6 Å². The van der Waals surface area contributed by atoms with E-state index in [1.165, 1.54) is 31.2 Å². The first kappa shape index (κ1) is 21.2. The summed E-state index contributed by atoms with van der Waals surface area (Å²) in [5, 5.41) is 3.03. The molecule has 7 heteroatoms. The maximum atomic E-state index is 13.2. The fourth-order valence-corrected chi connectivity index (χ4v) is 2.27. The van der Waals surface area contributed by atoms with Gasteiger partial charge in [-0.3, -0.25) is 0 Å². The lowest BCUT2D eigenvalue weighted by Gasteiger charge is -2.11. The highest BCUT2D eigenvalue weighted by Crippen LogP contribution is 2.26. The Bertz CT molecular complexity index is 861. The van der Waals surface area contributed by atoms with E-state index < -0.39 is 11.7 Å². The average molecular weight is 392 g/mol. The summed E-state index contributed by atoms with van der Waals surface area (Å²) in [5.74, 6) is -0.159. The predicted molar refractivity (Wildman–Crippen MR) is 102 cm³/mol. The van der Waals surface area contributed by atoms with Crippen LogP contribution in [0.15, 0.2) is 84.4 Å². The van der Waals surface area contributed by atoms with Crippen LogP contribution in [0.2, 0.25) is 0 Å². The van der Waals surface area contributed by atoms with Gasteiger partial charge in [-0.25, -0.2) is 9.37 Å². The SMILES string of the molecule is C=C(NC1=CCC=C(F)C=C1)c1cccc(OC/C=C(\C=C/C)C(F)(F)F)n1. The standard InChI is InChI=1S/C21H20F4N2O/c1-3-6-16(21(23,24)25)13-14-28-20-10-5-9-19(27-20)15(2)26-18-8-4-7-17(22)11-12-18/h3,5-13,26H,2,4,14H2,1H3/b6-3-,16-13+. The normalized spacial score (nSPS) is 15.1. The van der Waals surface area contributed by atoms with Gasteiger partial charge < -0.3 is 10.1 Å². The Hall–Kier alpha value is -3.09. The Labute approximate surface area is 161 Å². The highest BCUT2D eigenvalue weighted by Gasteiger charge is 2.31. The minimum absolute atomic E-state index is 0.164. The molecule has 0 amide bonds. The van der Waals surface area contributed by atoms with Gasteiger partial charge in [0, 0.05) is 11.8 Å².